The number of rotatable bonds is 7. The predicted octanol–water partition coefficient (Wildman–Crippen LogP) is 2.20. The molecule has 0 unspecified atom stereocenters. The second-order valence-corrected chi connectivity index (χ2v) is 7.01. The van der Waals surface area contributed by atoms with Gasteiger partial charge in [0, 0.05) is 43.7 Å². The highest BCUT2D eigenvalue weighted by Crippen LogP contribution is 2.21. The van der Waals surface area contributed by atoms with Gasteiger partial charge in [0.15, 0.2) is 5.96 Å². The van der Waals surface area contributed by atoms with Gasteiger partial charge in [-0.25, -0.2) is 9.98 Å². The smallest absolute Gasteiger partial charge is 0.191 e. The fourth-order valence-electron chi connectivity index (χ4n) is 2.77. The second-order valence-electron chi connectivity index (χ2n) is 6.07. The number of aromatic nitrogens is 1. The van der Waals surface area contributed by atoms with E-state index in [0.29, 0.717) is 6.54 Å². The maximum atomic E-state index is 5.38. The lowest BCUT2D eigenvalue weighted by molar-refractivity contribution is 0.0389. The Balaban J connectivity index is 1.51. The molecule has 0 amide bonds. The summed E-state index contributed by atoms with van der Waals surface area (Å²) in [6.07, 6.45) is 0. The molecule has 6 nitrogen and oxygen atoms in total. The molecule has 0 aliphatic carbocycles. The Labute approximate surface area is 159 Å². The van der Waals surface area contributed by atoms with Crippen LogP contribution in [0.25, 0.3) is 11.3 Å². The van der Waals surface area contributed by atoms with Crippen molar-refractivity contribution in [2.24, 2.45) is 4.99 Å². The summed E-state index contributed by atoms with van der Waals surface area (Å²) < 4.78 is 5.38. The quantitative estimate of drug-likeness (QED) is 0.575. The Hall–Kier alpha value is -1.96. The number of hydrogen-bond acceptors (Lipinski definition) is 5. The monoisotopic (exact) mass is 373 g/mol. The van der Waals surface area contributed by atoms with Crippen LogP contribution in [0.5, 0.6) is 0 Å². The Bertz CT molecular complexity index is 682. The van der Waals surface area contributed by atoms with Gasteiger partial charge < -0.3 is 15.4 Å². The van der Waals surface area contributed by atoms with Crippen LogP contribution in [0.15, 0.2) is 40.7 Å². The van der Waals surface area contributed by atoms with Crippen molar-refractivity contribution in [2.45, 2.75) is 13.5 Å². The molecule has 3 rings (SSSR count). The fourth-order valence-corrected chi connectivity index (χ4v) is 3.50. The molecule has 140 valence electrons. The maximum Gasteiger partial charge on any atom is 0.191 e. The van der Waals surface area contributed by atoms with Crippen LogP contribution in [0, 0.1) is 0 Å². The van der Waals surface area contributed by atoms with Crippen molar-refractivity contribution in [1.29, 1.82) is 0 Å². The lowest BCUT2D eigenvalue weighted by atomic mass is 10.2. The summed E-state index contributed by atoms with van der Waals surface area (Å²) in [7, 11) is 0. The minimum atomic E-state index is 0.588. The van der Waals surface area contributed by atoms with E-state index in [1.807, 2.05) is 18.2 Å². The van der Waals surface area contributed by atoms with Crippen LogP contribution in [0.2, 0.25) is 0 Å². The molecule has 0 atom stereocenters. The highest BCUT2D eigenvalue weighted by atomic mass is 32.1. The van der Waals surface area contributed by atoms with Gasteiger partial charge in [-0.05, 0) is 6.92 Å². The molecule has 7 heteroatoms. The molecule has 1 aromatic heterocycles. The van der Waals surface area contributed by atoms with E-state index in [9.17, 15) is 0 Å². The predicted molar refractivity (Wildman–Crippen MR) is 108 cm³/mol. The molecule has 1 aromatic carbocycles. The molecule has 26 heavy (non-hydrogen) atoms. The van der Waals surface area contributed by atoms with E-state index in [4.69, 9.17) is 9.72 Å². The van der Waals surface area contributed by atoms with Crippen LogP contribution in [-0.2, 0) is 11.3 Å². The average Bonchev–Trinajstić information content (AvgIpc) is 3.17. The summed E-state index contributed by atoms with van der Waals surface area (Å²) in [6, 6.07) is 10.3. The van der Waals surface area contributed by atoms with Gasteiger partial charge in [0.05, 0.1) is 25.5 Å². The molecule has 0 bridgehead atoms. The Morgan fingerprint density at radius 2 is 2.04 bits per heavy atom. The summed E-state index contributed by atoms with van der Waals surface area (Å²) in [6.45, 7) is 9.08. The van der Waals surface area contributed by atoms with Gasteiger partial charge in [0.2, 0.25) is 0 Å². The number of aliphatic imine (C=N–C) groups is 1. The summed E-state index contributed by atoms with van der Waals surface area (Å²) >= 11 is 1.66. The Morgan fingerprint density at radius 1 is 1.23 bits per heavy atom. The van der Waals surface area contributed by atoms with Crippen molar-refractivity contribution in [3.63, 3.8) is 0 Å². The third-order valence-corrected chi connectivity index (χ3v) is 5.00. The first-order chi connectivity index (χ1) is 12.8. The zero-order valence-electron chi connectivity index (χ0n) is 15.3. The van der Waals surface area contributed by atoms with E-state index in [2.05, 4.69) is 45.0 Å². The summed E-state index contributed by atoms with van der Waals surface area (Å²) in [4.78, 5) is 11.8. The van der Waals surface area contributed by atoms with Gasteiger partial charge in [0.1, 0.15) is 5.01 Å². The minimum Gasteiger partial charge on any atom is -0.379 e. The van der Waals surface area contributed by atoms with Gasteiger partial charge in [0.25, 0.3) is 0 Å². The topological polar surface area (TPSA) is 61.8 Å². The van der Waals surface area contributed by atoms with Gasteiger partial charge in [-0.15, -0.1) is 11.3 Å². The van der Waals surface area contributed by atoms with Crippen LogP contribution in [-0.4, -0.2) is 61.8 Å². The lowest BCUT2D eigenvalue weighted by Crippen LogP contribution is -2.44. The zero-order chi connectivity index (χ0) is 18.0. The molecular weight excluding hydrogens is 346 g/mol. The molecule has 2 heterocycles. The number of guanidine groups is 1. The number of nitrogens with zero attached hydrogens (tertiary/aromatic N) is 3. The van der Waals surface area contributed by atoms with Crippen molar-refractivity contribution in [1.82, 2.24) is 20.5 Å². The van der Waals surface area contributed by atoms with Crippen molar-refractivity contribution in [3.05, 3.63) is 40.7 Å². The first-order valence-electron chi connectivity index (χ1n) is 9.17. The molecule has 1 saturated heterocycles. The number of hydrogen-bond donors (Lipinski definition) is 2. The summed E-state index contributed by atoms with van der Waals surface area (Å²) in [5, 5.41) is 9.83. The van der Waals surface area contributed by atoms with Crippen LogP contribution in [0.1, 0.15) is 11.9 Å². The molecule has 0 saturated carbocycles. The lowest BCUT2D eigenvalue weighted by Gasteiger charge is -2.26. The SMILES string of the molecule is CCNC(=NCc1nc(-c2ccccc2)cs1)NCCN1CCOCC1. The molecular formula is C19H27N5OS. The van der Waals surface area contributed by atoms with E-state index in [1.54, 1.807) is 11.3 Å². The largest absolute Gasteiger partial charge is 0.379 e. The summed E-state index contributed by atoms with van der Waals surface area (Å²) in [5.74, 6) is 0.845. The molecule has 2 N–H and O–H groups in total. The van der Waals surface area contributed by atoms with Gasteiger partial charge >= 0.3 is 0 Å². The third-order valence-electron chi connectivity index (χ3n) is 4.16. The van der Waals surface area contributed by atoms with Crippen LogP contribution in [0.3, 0.4) is 0 Å². The third kappa shape index (κ3) is 5.79. The van der Waals surface area contributed by atoms with E-state index in [1.165, 1.54) is 0 Å². The van der Waals surface area contributed by atoms with Crippen molar-refractivity contribution in [2.75, 3.05) is 45.9 Å². The number of thiazole rings is 1. The minimum absolute atomic E-state index is 0.588. The van der Waals surface area contributed by atoms with Crippen LogP contribution >= 0.6 is 11.3 Å². The van der Waals surface area contributed by atoms with Crippen molar-refractivity contribution in [3.8, 4) is 11.3 Å². The normalized spacial score (nSPS) is 15.8. The van der Waals surface area contributed by atoms with E-state index in [0.717, 1.165) is 68.2 Å². The number of benzene rings is 1. The van der Waals surface area contributed by atoms with Crippen molar-refractivity contribution >= 4 is 17.3 Å². The molecule has 2 aromatic rings. The second kappa shape index (κ2) is 10.3. The van der Waals surface area contributed by atoms with Gasteiger partial charge in [-0.2, -0.15) is 0 Å². The first-order valence-corrected chi connectivity index (χ1v) is 10.0. The van der Waals surface area contributed by atoms with Crippen LogP contribution < -0.4 is 10.6 Å². The van der Waals surface area contributed by atoms with Crippen molar-refractivity contribution < 1.29 is 4.74 Å². The molecule has 1 aliphatic rings. The molecule has 0 spiro atoms. The standard InChI is InChI=1S/C19H27N5OS/c1-2-20-19(21-8-9-24-10-12-25-13-11-24)22-14-18-23-17(15-26-18)16-6-4-3-5-7-16/h3-7,15H,2,8-14H2,1H3,(H2,20,21,22). The van der Waals surface area contributed by atoms with E-state index in [-0.39, 0.29) is 0 Å². The first kappa shape index (κ1) is 18.8. The zero-order valence-corrected chi connectivity index (χ0v) is 16.1. The maximum absolute atomic E-state index is 5.38. The number of nitrogens with one attached hydrogen (secondary N) is 2. The van der Waals surface area contributed by atoms with E-state index >= 15 is 0 Å². The van der Waals surface area contributed by atoms with Gasteiger partial charge in [-0.1, -0.05) is 30.3 Å². The average molecular weight is 374 g/mol. The Morgan fingerprint density at radius 3 is 2.81 bits per heavy atom. The fraction of sp³-hybridized carbons (Fsp3) is 0.474. The van der Waals surface area contributed by atoms with Crippen LogP contribution in [0.4, 0.5) is 0 Å². The highest BCUT2D eigenvalue weighted by molar-refractivity contribution is 7.09. The Kier molecular flexibility index (Phi) is 7.42. The summed E-state index contributed by atoms with van der Waals surface area (Å²) in [5.41, 5.74) is 2.17. The molecule has 0 radical (unpaired) electrons. The van der Waals surface area contributed by atoms with Gasteiger partial charge in [-0.3, -0.25) is 4.90 Å². The number of morpholine rings is 1. The molecule has 1 aliphatic heterocycles. The highest BCUT2D eigenvalue weighted by Gasteiger charge is 2.10. The molecule has 1 fully saturated rings. The van der Waals surface area contributed by atoms with E-state index < -0.39 is 0 Å². The number of ether oxygens (including phenoxy) is 1.